The van der Waals surface area contributed by atoms with E-state index in [1.54, 1.807) is 13.0 Å². The van der Waals surface area contributed by atoms with Crippen LogP contribution < -0.4 is 15.4 Å². The summed E-state index contributed by atoms with van der Waals surface area (Å²) < 4.78 is 10.7. The van der Waals surface area contributed by atoms with E-state index in [4.69, 9.17) is 9.26 Å². The Bertz CT molecular complexity index is 1410. The van der Waals surface area contributed by atoms with Crippen LogP contribution in [0.4, 0.5) is 5.88 Å². The Balaban J connectivity index is 1.63. The molecule has 2 aliphatic rings. The first kappa shape index (κ1) is 24.7. The molecule has 2 aromatic rings. The number of fused-ring (bicyclic) bond motifs is 3. The maximum absolute atomic E-state index is 13.7. The number of anilines is 1. The van der Waals surface area contributed by atoms with Crippen molar-refractivity contribution in [2.75, 3.05) is 11.9 Å². The number of carbonyl (C=O) groups is 4. The van der Waals surface area contributed by atoms with Gasteiger partial charge in [-0.3, -0.25) is 24.5 Å². The van der Waals surface area contributed by atoms with Gasteiger partial charge in [-0.2, -0.15) is 0 Å². The van der Waals surface area contributed by atoms with Crippen molar-refractivity contribution in [3.63, 3.8) is 0 Å². The lowest BCUT2D eigenvalue weighted by molar-refractivity contribution is -0.123. The lowest BCUT2D eigenvalue weighted by atomic mass is 9.70. The molecule has 0 fully saturated rings. The molecule has 36 heavy (non-hydrogen) atoms. The summed E-state index contributed by atoms with van der Waals surface area (Å²) in [5.41, 5.74) is -1.06. The Hall–Kier alpha value is -4.41. The molecule has 0 saturated heterocycles. The molecule has 4 rings (SSSR count). The maximum atomic E-state index is 13.7. The van der Waals surface area contributed by atoms with E-state index >= 15 is 0 Å². The number of aryl methyl sites for hydroxylation is 1. The zero-order valence-corrected chi connectivity index (χ0v) is 20.4. The Morgan fingerprint density at radius 2 is 1.83 bits per heavy atom. The molecule has 1 atom stereocenters. The molecule has 1 aromatic heterocycles. The van der Waals surface area contributed by atoms with Gasteiger partial charge >= 0.3 is 0 Å². The Labute approximate surface area is 205 Å². The second-order valence-electron chi connectivity index (χ2n) is 8.94. The molecule has 0 unspecified atom stereocenters. The lowest BCUT2D eigenvalue weighted by Gasteiger charge is -2.29. The number of hydrogen-bond donors (Lipinski definition) is 4. The largest absolute Gasteiger partial charge is 0.507 e. The van der Waals surface area contributed by atoms with Gasteiger partial charge in [0, 0.05) is 36.4 Å². The average molecular weight is 495 g/mol. The molecule has 1 aliphatic carbocycles. The van der Waals surface area contributed by atoms with E-state index in [1.807, 2.05) is 0 Å². The molecule has 11 nitrogen and oxygen atoms in total. The predicted molar refractivity (Wildman–Crippen MR) is 126 cm³/mol. The highest BCUT2D eigenvalue weighted by molar-refractivity contribution is 6.31. The quantitative estimate of drug-likeness (QED) is 0.265. The fraction of sp³-hybridized carbons (Fsp3) is 0.320. The first-order valence-electron chi connectivity index (χ1n) is 11.1. The summed E-state index contributed by atoms with van der Waals surface area (Å²) in [7, 11) is 0. The fourth-order valence-electron chi connectivity index (χ4n) is 4.44. The van der Waals surface area contributed by atoms with Gasteiger partial charge in [0.25, 0.3) is 0 Å². The van der Waals surface area contributed by atoms with Crippen molar-refractivity contribution >= 4 is 29.1 Å². The molecular weight excluding hydrogens is 470 g/mol. The highest BCUT2D eigenvalue weighted by atomic mass is 16.5. The molecule has 1 aliphatic heterocycles. The number of rotatable bonds is 6. The summed E-state index contributed by atoms with van der Waals surface area (Å²) in [4.78, 5) is 51.0. The SMILES string of the molecule is CC(=O)c1c(O)c(C)c(O)c2c1OC1=CC(=O)/C(=C(/C)NCCC(=O)Nc3cc(C)no3)C(=O)[C@@]12C. The molecular formula is C25H25N3O8. The summed E-state index contributed by atoms with van der Waals surface area (Å²) in [6, 6.07) is 1.57. The highest BCUT2D eigenvalue weighted by Crippen LogP contribution is 2.57. The van der Waals surface area contributed by atoms with Crippen LogP contribution in [0.5, 0.6) is 17.2 Å². The average Bonchev–Trinajstić information content (AvgIpc) is 3.32. The maximum Gasteiger partial charge on any atom is 0.231 e. The number of carbonyl (C=O) groups excluding carboxylic acids is 4. The molecule has 188 valence electrons. The molecule has 1 amide bonds. The Kier molecular flexibility index (Phi) is 5.95. The van der Waals surface area contributed by atoms with Gasteiger partial charge in [0.1, 0.15) is 34.0 Å². The van der Waals surface area contributed by atoms with Gasteiger partial charge < -0.3 is 24.8 Å². The van der Waals surface area contributed by atoms with Crippen molar-refractivity contribution in [3.8, 4) is 17.2 Å². The topological polar surface area (TPSA) is 168 Å². The second kappa shape index (κ2) is 8.67. The van der Waals surface area contributed by atoms with E-state index in [-0.39, 0.29) is 64.2 Å². The normalized spacial score (nSPS) is 19.8. The van der Waals surface area contributed by atoms with Crippen LogP contribution in [0.25, 0.3) is 0 Å². The third-order valence-electron chi connectivity index (χ3n) is 6.39. The van der Waals surface area contributed by atoms with Gasteiger partial charge in [-0.25, -0.2) is 0 Å². The van der Waals surface area contributed by atoms with Crippen molar-refractivity contribution < 1.29 is 38.7 Å². The summed E-state index contributed by atoms with van der Waals surface area (Å²) in [6.07, 6.45) is 1.15. The van der Waals surface area contributed by atoms with E-state index in [0.717, 1.165) is 6.08 Å². The first-order valence-corrected chi connectivity index (χ1v) is 11.1. The number of ketones is 3. The van der Waals surface area contributed by atoms with E-state index in [2.05, 4.69) is 15.8 Å². The van der Waals surface area contributed by atoms with Crippen LogP contribution in [0.2, 0.25) is 0 Å². The Morgan fingerprint density at radius 3 is 2.44 bits per heavy atom. The molecule has 0 radical (unpaired) electrons. The molecule has 11 heteroatoms. The van der Waals surface area contributed by atoms with Gasteiger partial charge in [0.05, 0.1) is 16.8 Å². The van der Waals surface area contributed by atoms with Crippen molar-refractivity contribution in [2.45, 2.75) is 46.5 Å². The van der Waals surface area contributed by atoms with Gasteiger partial charge in [0.2, 0.25) is 11.8 Å². The smallest absolute Gasteiger partial charge is 0.231 e. The summed E-state index contributed by atoms with van der Waals surface area (Å²) in [5, 5.41) is 30.4. The van der Waals surface area contributed by atoms with Gasteiger partial charge in [-0.1, -0.05) is 5.16 Å². The van der Waals surface area contributed by atoms with E-state index in [9.17, 15) is 29.4 Å². The minimum absolute atomic E-state index is 0.0122. The Morgan fingerprint density at radius 1 is 1.14 bits per heavy atom. The third-order valence-corrected chi connectivity index (χ3v) is 6.39. The number of ether oxygens (including phenoxy) is 1. The van der Waals surface area contributed by atoms with Gasteiger partial charge in [0.15, 0.2) is 17.3 Å². The van der Waals surface area contributed by atoms with Crippen molar-refractivity contribution in [2.24, 2.45) is 0 Å². The van der Waals surface area contributed by atoms with Crippen LogP contribution in [0, 0.1) is 13.8 Å². The highest BCUT2D eigenvalue weighted by Gasteiger charge is 2.56. The molecule has 4 N–H and O–H groups in total. The zero-order chi connectivity index (χ0) is 26.5. The number of hydrogen-bond acceptors (Lipinski definition) is 10. The van der Waals surface area contributed by atoms with E-state index in [0.29, 0.717) is 5.69 Å². The number of allylic oxidation sites excluding steroid dienone is 4. The third kappa shape index (κ3) is 3.72. The standard InChI is InChI=1S/C25H25N3O8/c1-10-8-17(36-28-10)27-16(31)6-7-26-12(3)18-14(30)9-15-25(5,24(18)34)20-22(33)11(2)21(32)19(13(4)29)23(20)35-15/h8-9,26,32-33H,6-7H2,1-5H3,(H,27,31)/b18-12+/t25-/m0/s1. The predicted octanol–water partition coefficient (Wildman–Crippen LogP) is 2.48. The molecule has 0 spiro atoms. The number of nitrogens with one attached hydrogen (secondary N) is 2. The fourth-order valence-corrected chi connectivity index (χ4v) is 4.44. The number of Topliss-reactive ketones (excluding diaryl/α,β-unsaturated/α-hetero) is 2. The van der Waals surface area contributed by atoms with Gasteiger partial charge in [-0.15, -0.1) is 0 Å². The zero-order valence-electron chi connectivity index (χ0n) is 20.4. The number of nitrogens with zero attached hydrogens (tertiary/aromatic N) is 1. The van der Waals surface area contributed by atoms with Crippen LogP contribution in [-0.2, 0) is 19.8 Å². The minimum Gasteiger partial charge on any atom is -0.507 e. The van der Waals surface area contributed by atoms with Crippen LogP contribution >= 0.6 is 0 Å². The lowest BCUT2D eigenvalue weighted by Crippen LogP contribution is -2.41. The molecule has 2 heterocycles. The number of aromatic hydroxyl groups is 2. The van der Waals surface area contributed by atoms with Crippen LogP contribution in [0.1, 0.15) is 54.4 Å². The number of aromatic nitrogens is 1. The number of phenols is 2. The molecule has 1 aromatic carbocycles. The first-order chi connectivity index (χ1) is 16.9. The van der Waals surface area contributed by atoms with Crippen LogP contribution in [-0.4, -0.2) is 45.2 Å². The minimum atomic E-state index is -1.60. The molecule has 0 bridgehead atoms. The van der Waals surface area contributed by atoms with E-state index in [1.165, 1.54) is 27.7 Å². The van der Waals surface area contributed by atoms with Crippen LogP contribution in [0.3, 0.4) is 0 Å². The van der Waals surface area contributed by atoms with E-state index < -0.39 is 34.3 Å². The van der Waals surface area contributed by atoms with Crippen molar-refractivity contribution in [1.82, 2.24) is 10.5 Å². The second-order valence-corrected chi connectivity index (χ2v) is 8.94. The molecule has 0 saturated carbocycles. The van der Waals surface area contributed by atoms with Crippen molar-refractivity contribution in [3.05, 3.63) is 51.6 Å². The number of benzene rings is 1. The summed E-state index contributed by atoms with van der Waals surface area (Å²) >= 11 is 0. The van der Waals surface area contributed by atoms with Gasteiger partial charge in [-0.05, 0) is 34.6 Å². The monoisotopic (exact) mass is 495 g/mol. The number of amides is 1. The summed E-state index contributed by atoms with van der Waals surface area (Å²) in [5.74, 6) is -3.00. The van der Waals surface area contributed by atoms with Crippen LogP contribution in [0.15, 0.2) is 33.7 Å². The summed E-state index contributed by atoms with van der Waals surface area (Å²) in [6.45, 7) is 7.48. The number of phenolic OH excluding ortho intramolecular Hbond substituents is 2. The van der Waals surface area contributed by atoms with Crippen molar-refractivity contribution in [1.29, 1.82) is 0 Å².